The molecule has 2 unspecified atom stereocenters. The highest BCUT2D eigenvalue weighted by Crippen LogP contribution is 2.32. The molecule has 0 spiro atoms. The predicted octanol–water partition coefficient (Wildman–Crippen LogP) is 2.38. The van der Waals surface area contributed by atoms with E-state index in [2.05, 4.69) is 5.32 Å². The number of hydrogen-bond donors (Lipinski definition) is 1. The Morgan fingerprint density at radius 3 is 2.68 bits per heavy atom. The Bertz CT molecular complexity index is 445. The molecule has 5 heteroatoms. The van der Waals surface area contributed by atoms with E-state index in [9.17, 15) is 9.59 Å². The van der Waals surface area contributed by atoms with E-state index in [1.54, 1.807) is 11.8 Å². The van der Waals surface area contributed by atoms with E-state index in [4.69, 9.17) is 4.74 Å². The molecule has 0 radical (unpaired) electrons. The number of thioether (sulfide) groups is 1. The Hall–Kier alpha value is -1.49. The van der Waals surface area contributed by atoms with Crippen molar-refractivity contribution in [1.29, 1.82) is 0 Å². The lowest BCUT2D eigenvalue weighted by Gasteiger charge is -2.15. The zero-order valence-electron chi connectivity index (χ0n) is 10.8. The number of carbonyl (C=O) groups is 2. The van der Waals surface area contributed by atoms with Crippen LogP contribution in [0, 0.1) is 0 Å². The Morgan fingerprint density at radius 1 is 1.42 bits per heavy atom. The van der Waals surface area contributed by atoms with Crippen molar-refractivity contribution in [2.24, 2.45) is 0 Å². The van der Waals surface area contributed by atoms with Crippen LogP contribution in [-0.2, 0) is 16.1 Å². The minimum atomic E-state index is -0.533. The molecule has 1 aromatic carbocycles. The van der Waals surface area contributed by atoms with E-state index < -0.39 is 12.1 Å². The maximum Gasteiger partial charge on any atom is 0.408 e. The van der Waals surface area contributed by atoms with E-state index in [1.807, 2.05) is 37.3 Å². The summed E-state index contributed by atoms with van der Waals surface area (Å²) in [6.07, 6.45) is 0.0609. The number of amides is 1. The summed E-state index contributed by atoms with van der Waals surface area (Å²) in [6, 6.07) is 9.03. The summed E-state index contributed by atoms with van der Waals surface area (Å²) in [4.78, 5) is 23.5. The third-order valence-corrected chi connectivity index (χ3v) is 3.81. The van der Waals surface area contributed by atoms with Gasteiger partial charge in [0, 0.05) is 5.75 Å². The summed E-state index contributed by atoms with van der Waals surface area (Å²) in [7, 11) is 0. The van der Waals surface area contributed by atoms with Crippen LogP contribution in [0.1, 0.15) is 18.9 Å². The molecule has 1 N–H and O–H groups in total. The molecule has 0 aliphatic carbocycles. The molecule has 1 fully saturated rings. The number of Topliss-reactive ketones (excluding diaryl/α,β-unsaturated/α-hetero) is 1. The molecule has 102 valence electrons. The van der Waals surface area contributed by atoms with Gasteiger partial charge in [0.1, 0.15) is 6.61 Å². The van der Waals surface area contributed by atoms with Crippen LogP contribution in [0.3, 0.4) is 0 Å². The summed E-state index contributed by atoms with van der Waals surface area (Å²) in [5, 5.41) is 2.70. The van der Waals surface area contributed by atoms with Gasteiger partial charge in [-0.25, -0.2) is 4.79 Å². The quantitative estimate of drug-likeness (QED) is 0.812. The van der Waals surface area contributed by atoms with Crippen LogP contribution in [0.25, 0.3) is 0 Å². The minimum absolute atomic E-state index is 0.0689. The highest BCUT2D eigenvalue weighted by atomic mass is 32.2. The number of nitrogens with one attached hydrogen (secondary N) is 1. The lowest BCUT2D eigenvalue weighted by atomic mass is 10.1. The predicted molar refractivity (Wildman–Crippen MR) is 75.1 cm³/mol. The van der Waals surface area contributed by atoms with Crippen LogP contribution < -0.4 is 5.32 Å². The summed E-state index contributed by atoms with van der Waals surface area (Å²) in [5.41, 5.74) is 0.926. The van der Waals surface area contributed by atoms with Crippen LogP contribution in [0.15, 0.2) is 30.3 Å². The number of hydrogen-bond acceptors (Lipinski definition) is 4. The summed E-state index contributed by atoms with van der Waals surface area (Å²) >= 11 is 1.62. The van der Waals surface area contributed by atoms with Gasteiger partial charge in [0.25, 0.3) is 0 Å². The first kappa shape index (κ1) is 13.9. The van der Waals surface area contributed by atoms with Crippen molar-refractivity contribution < 1.29 is 14.3 Å². The molecule has 2 rings (SSSR count). The molecule has 1 heterocycles. The van der Waals surface area contributed by atoms with Gasteiger partial charge in [0.2, 0.25) is 0 Å². The molecule has 1 aliphatic rings. The maximum atomic E-state index is 11.9. The molecule has 0 saturated carbocycles. The standard InChI is InChI=1S/C14H17NO3S/c1-2-11(13(16)12-9-19-12)15-14(17)18-8-10-6-4-3-5-7-10/h3-7,11-12H,2,8-9H2,1H3,(H,15,17). The van der Waals surface area contributed by atoms with Crippen LogP contribution >= 0.6 is 11.8 Å². The average molecular weight is 279 g/mol. The number of ketones is 1. The molecular formula is C14H17NO3S. The Balaban J connectivity index is 1.78. The van der Waals surface area contributed by atoms with Crippen molar-refractivity contribution in [3.05, 3.63) is 35.9 Å². The highest BCUT2D eigenvalue weighted by molar-refractivity contribution is 8.07. The first-order valence-electron chi connectivity index (χ1n) is 6.33. The maximum absolute atomic E-state index is 11.9. The Kier molecular flexibility index (Phi) is 4.85. The number of benzene rings is 1. The first-order valence-corrected chi connectivity index (χ1v) is 7.38. The normalized spacial score (nSPS) is 18.5. The van der Waals surface area contributed by atoms with Gasteiger partial charge in [-0.3, -0.25) is 4.79 Å². The van der Waals surface area contributed by atoms with Crippen molar-refractivity contribution in [2.75, 3.05) is 5.75 Å². The monoisotopic (exact) mass is 279 g/mol. The van der Waals surface area contributed by atoms with Gasteiger partial charge < -0.3 is 10.1 Å². The van der Waals surface area contributed by atoms with Gasteiger partial charge in [0.05, 0.1) is 11.3 Å². The van der Waals surface area contributed by atoms with Gasteiger partial charge in [-0.1, -0.05) is 37.3 Å². The third-order valence-electron chi connectivity index (χ3n) is 2.91. The van der Waals surface area contributed by atoms with E-state index in [0.717, 1.165) is 11.3 Å². The second-order valence-electron chi connectivity index (χ2n) is 4.39. The number of carbonyl (C=O) groups excluding carboxylic acids is 2. The van der Waals surface area contributed by atoms with Crippen LogP contribution in [0.5, 0.6) is 0 Å². The van der Waals surface area contributed by atoms with Crippen LogP contribution in [-0.4, -0.2) is 28.9 Å². The number of ether oxygens (including phenoxy) is 1. The van der Waals surface area contributed by atoms with Crippen molar-refractivity contribution >= 4 is 23.6 Å². The summed E-state index contributed by atoms with van der Waals surface area (Å²) < 4.78 is 5.10. The molecule has 2 atom stereocenters. The van der Waals surface area contributed by atoms with Gasteiger partial charge >= 0.3 is 6.09 Å². The second-order valence-corrected chi connectivity index (χ2v) is 5.63. The smallest absolute Gasteiger partial charge is 0.408 e. The molecule has 1 amide bonds. The molecular weight excluding hydrogens is 262 g/mol. The van der Waals surface area contributed by atoms with E-state index in [-0.39, 0.29) is 17.6 Å². The van der Waals surface area contributed by atoms with E-state index in [1.165, 1.54) is 0 Å². The highest BCUT2D eigenvalue weighted by Gasteiger charge is 2.35. The zero-order chi connectivity index (χ0) is 13.7. The minimum Gasteiger partial charge on any atom is -0.445 e. The molecule has 4 nitrogen and oxygen atoms in total. The molecule has 1 saturated heterocycles. The topological polar surface area (TPSA) is 55.4 Å². The Morgan fingerprint density at radius 2 is 2.11 bits per heavy atom. The average Bonchev–Trinajstić information content (AvgIpc) is 3.27. The SMILES string of the molecule is CCC(NC(=O)OCc1ccccc1)C(=O)C1CS1. The number of alkyl carbamates (subject to hydrolysis) is 1. The molecule has 1 aliphatic heterocycles. The van der Waals surface area contributed by atoms with Gasteiger partial charge in [-0.15, -0.1) is 11.8 Å². The summed E-state index contributed by atoms with van der Waals surface area (Å²) in [6.45, 7) is 2.10. The van der Waals surface area contributed by atoms with Crippen molar-refractivity contribution in [1.82, 2.24) is 5.32 Å². The first-order chi connectivity index (χ1) is 9.20. The van der Waals surface area contributed by atoms with Crippen molar-refractivity contribution in [3.63, 3.8) is 0 Å². The van der Waals surface area contributed by atoms with Crippen LogP contribution in [0.4, 0.5) is 4.79 Å². The van der Waals surface area contributed by atoms with Gasteiger partial charge in [0.15, 0.2) is 5.78 Å². The van der Waals surface area contributed by atoms with Crippen molar-refractivity contribution in [3.8, 4) is 0 Å². The van der Waals surface area contributed by atoms with Gasteiger partial charge in [-0.05, 0) is 12.0 Å². The fourth-order valence-electron chi connectivity index (χ4n) is 1.72. The molecule has 0 bridgehead atoms. The van der Waals surface area contributed by atoms with Gasteiger partial charge in [-0.2, -0.15) is 0 Å². The van der Waals surface area contributed by atoms with E-state index >= 15 is 0 Å². The lowest BCUT2D eigenvalue weighted by molar-refractivity contribution is -0.119. The largest absolute Gasteiger partial charge is 0.445 e. The van der Waals surface area contributed by atoms with Crippen molar-refractivity contribution in [2.45, 2.75) is 31.2 Å². The fraction of sp³-hybridized carbons (Fsp3) is 0.429. The molecule has 19 heavy (non-hydrogen) atoms. The van der Waals surface area contributed by atoms with Crippen LogP contribution in [0.2, 0.25) is 0 Å². The Labute approximate surface area is 116 Å². The summed E-state index contributed by atoms with van der Waals surface area (Å²) in [5.74, 6) is 0.972. The molecule has 0 aromatic heterocycles. The zero-order valence-corrected chi connectivity index (χ0v) is 11.6. The number of rotatable bonds is 6. The lowest BCUT2D eigenvalue weighted by Crippen LogP contribution is -2.42. The molecule has 1 aromatic rings. The second kappa shape index (κ2) is 6.61. The third kappa shape index (κ3) is 4.28. The fourth-order valence-corrected chi connectivity index (χ4v) is 2.31. The van der Waals surface area contributed by atoms with E-state index in [0.29, 0.717) is 6.42 Å².